The van der Waals surface area contributed by atoms with Crippen molar-refractivity contribution < 1.29 is 14.3 Å². The van der Waals surface area contributed by atoms with Crippen molar-refractivity contribution >= 4 is 11.7 Å². The van der Waals surface area contributed by atoms with E-state index in [1.54, 1.807) is 6.92 Å². The fourth-order valence-corrected chi connectivity index (χ4v) is 3.90. The summed E-state index contributed by atoms with van der Waals surface area (Å²) in [4.78, 5) is 24.5. The molecule has 1 N–H and O–H groups in total. The molecule has 4 nitrogen and oxygen atoms in total. The average Bonchev–Trinajstić information content (AvgIpc) is 3.19. The third-order valence-corrected chi connectivity index (χ3v) is 5.62. The predicted octanol–water partition coefficient (Wildman–Crippen LogP) is 4.78. The number of rotatable bonds is 6. The van der Waals surface area contributed by atoms with E-state index >= 15 is 0 Å². The van der Waals surface area contributed by atoms with E-state index in [0.29, 0.717) is 6.54 Å². The average molecular weight is 399 g/mol. The molecule has 0 aromatic heterocycles. The van der Waals surface area contributed by atoms with Crippen LogP contribution in [0.15, 0.2) is 72.8 Å². The van der Waals surface area contributed by atoms with Gasteiger partial charge in [0.2, 0.25) is 5.91 Å². The zero-order chi connectivity index (χ0) is 21.1. The van der Waals surface area contributed by atoms with Crippen molar-refractivity contribution in [3.05, 3.63) is 89.5 Å². The second kappa shape index (κ2) is 8.54. The summed E-state index contributed by atoms with van der Waals surface area (Å²) in [6.45, 7) is 3.96. The van der Waals surface area contributed by atoms with Crippen LogP contribution in [0.2, 0.25) is 0 Å². The quantitative estimate of drug-likeness (QED) is 0.607. The van der Waals surface area contributed by atoms with Crippen LogP contribution in [0.5, 0.6) is 5.75 Å². The van der Waals surface area contributed by atoms with E-state index in [1.807, 2.05) is 73.7 Å². The third-order valence-electron chi connectivity index (χ3n) is 5.62. The zero-order valence-electron chi connectivity index (χ0n) is 17.2. The van der Waals surface area contributed by atoms with Crippen molar-refractivity contribution in [1.29, 1.82) is 0 Å². The summed E-state index contributed by atoms with van der Waals surface area (Å²) in [5.74, 6) is 0.686. The van der Waals surface area contributed by atoms with Gasteiger partial charge in [-0.05, 0) is 48.2 Å². The minimum atomic E-state index is -0.204. The van der Waals surface area contributed by atoms with Crippen LogP contribution in [0.3, 0.4) is 0 Å². The molecule has 4 heteroatoms. The Labute approximate surface area is 176 Å². The number of Topliss-reactive ketones (excluding diaryl/α,β-unsaturated/α-hetero) is 1. The monoisotopic (exact) mass is 399 g/mol. The fraction of sp³-hybridized carbons (Fsp3) is 0.231. The smallest absolute Gasteiger partial charge is 0.227 e. The first-order chi connectivity index (χ1) is 14.5. The van der Waals surface area contributed by atoms with Gasteiger partial charge in [-0.25, -0.2) is 0 Å². The highest BCUT2D eigenvalue weighted by atomic mass is 16.5. The summed E-state index contributed by atoms with van der Waals surface area (Å²) >= 11 is 0. The molecule has 0 aliphatic carbocycles. The number of amides is 1. The van der Waals surface area contributed by atoms with Crippen molar-refractivity contribution in [1.82, 2.24) is 5.32 Å². The highest BCUT2D eigenvalue weighted by Gasteiger charge is 2.25. The lowest BCUT2D eigenvalue weighted by Gasteiger charge is -2.15. The van der Waals surface area contributed by atoms with Gasteiger partial charge in [0.1, 0.15) is 11.9 Å². The molecule has 152 valence electrons. The van der Waals surface area contributed by atoms with Gasteiger partial charge in [0.25, 0.3) is 0 Å². The molecule has 0 bridgehead atoms. The van der Waals surface area contributed by atoms with Gasteiger partial charge in [-0.3, -0.25) is 9.59 Å². The molecule has 0 radical (unpaired) electrons. The lowest BCUT2D eigenvalue weighted by atomic mass is 9.95. The topological polar surface area (TPSA) is 55.4 Å². The Balaban J connectivity index is 1.42. The molecular formula is C26H25NO3. The molecule has 30 heavy (non-hydrogen) atoms. The van der Waals surface area contributed by atoms with Crippen molar-refractivity contribution in [2.45, 2.75) is 32.3 Å². The van der Waals surface area contributed by atoms with Crippen molar-refractivity contribution in [2.75, 3.05) is 6.54 Å². The van der Waals surface area contributed by atoms with Crippen molar-refractivity contribution in [2.24, 2.45) is 0 Å². The first-order valence-electron chi connectivity index (χ1n) is 10.3. The second-order valence-electron chi connectivity index (χ2n) is 7.75. The van der Waals surface area contributed by atoms with E-state index in [9.17, 15) is 9.59 Å². The van der Waals surface area contributed by atoms with Gasteiger partial charge in [-0.15, -0.1) is 0 Å². The number of hydrogen-bond donors (Lipinski definition) is 1. The van der Waals surface area contributed by atoms with Crippen molar-refractivity contribution in [3.8, 4) is 16.9 Å². The Morgan fingerprint density at radius 1 is 1.03 bits per heavy atom. The molecule has 0 saturated heterocycles. The lowest BCUT2D eigenvalue weighted by Crippen LogP contribution is -2.36. The van der Waals surface area contributed by atoms with E-state index < -0.39 is 0 Å². The molecule has 3 aromatic rings. The first kappa shape index (κ1) is 19.9. The van der Waals surface area contributed by atoms with Gasteiger partial charge in [0.05, 0.1) is 12.5 Å². The van der Waals surface area contributed by atoms with Gasteiger partial charge in [0, 0.05) is 12.0 Å². The molecule has 1 amide bonds. The van der Waals surface area contributed by atoms with E-state index in [4.69, 9.17) is 4.74 Å². The van der Waals surface area contributed by atoms with E-state index in [0.717, 1.165) is 40.0 Å². The Bertz CT molecular complexity index is 1070. The van der Waals surface area contributed by atoms with Crippen LogP contribution in [0.1, 0.15) is 41.3 Å². The summed E-state index contributed by atoms with van der Waals surface area (Å²) in [5.41, 5.74) is 4.75. The fourth-order valence-electron chi connectivity index (χ4n) is 3.90. The Hall–Kier alpha value is -3.40. The number of carbonyl (C=O) groups excluding carboxylic acids is 2. The second-order valence-corrected chi connectivity index (χ2v) is 7.75. The SMILES string of the molecule is CC(=O)c1ccccc1-c1ccc2c(c1)C[C@H](CNC(=O)[C@@H](C)c1ccccc1)O2. The minimum Gasteiger partial charge on any atom is -0.488 e. The maximum atomic E-state index is 12.5. The largest absolute Gasteiger partial charge is 0.488 e. The van der Waals surface area contributed by atoms with Crippen LogP contribution in [0.25, 0.3) is 11.1 Å². The number of benzene rings is 3. The molecule has 0 unspecified atom stereocenters. The maximum absolute atomic E-state index is 12.5. The number of ether oxygens (including phenoxy) is 1. The Morgan fingerprint density at radius 3 is 2.53 bits per heavy atom. The van der Waals surface area contributed by atoms with E-state index in [-0.39, 0.29) is 23.7 Å². The molecule has 4 rings (SSSR count). The van der Waals surface area contributed by atoms with Gasteiger partial charge in [0.15, 0.2) is 5.78 Å². The summed E-state index contributed by atoms with van der Waals surface area (Å²) < 4.78 is 6.03. The standard InChI is InChI=1S/C26H25NO3/c1-17(19-8-4-3-5-9-19)26(29)27-16-22-15-21-14-20(12-13-25(21)30-22)24-11-7-6-10-23(24)18(2)28/h3-14,17,22H,15-16H2,1-2H3,(H,27,29)/t17-,22+/m0/s1. The summed E-state index contributed by atoms with van der Waals surface area (Å²) in [6, 6.07) is 23.4. The van der Waals surface area contributed by atoms with Crippen LogP contribution < -0.4 is 10.1 Å². The molecule has 0 fully saturated rings. The van der Waals surface area contributed by atoms with Gasteiger partial charge in [-0.2, -0.15) is 0 Å². The Kier molecular flexibility index (Phi) is 5.66. The van der Waals surface area contributed by atoms with Crippen LogP contribution in [0.4, 0.5) is 0 Å². The molecule has 1 aliphatic heterocycles. The lowest BCUT2D eigenvalue weighted by molar-refractivity contribution is -0.122. The van der Waals surface area contributed by atoms with E-state index in [2.05, 4.69) is 11.4 Å². The van der Waals surface area contributed by atoms with Crippen LogP contribution in [-0.2, 0) is 11.2 Å². The molecule has 0 spiro atoms. The molecule has 2 atom stereocenters. The van der Waals surface area contributed by atoms with Gasteiger partial charge in [-0.1, -0.05) is 60.7 Å². The highest BCUT2D eigenvalue weighted by Crippen LogP contribution is 2.34. The molecule has 1 heterocycles. The summed E-state index contributed by atoms with van der Waals surface area (Å²) in [7, 11) is 0. The molecule has 1 aliphatic rings. The summed E-state index contributed by atoms with van der Waals surface area (Å²) in [5, 5.41) is 3.02. The number of ketones is 1. The van der Waals surface area contributed by atoms with Gasteiger partial charge < -0.3 is 10.1 Å². The maximum Gasteiger partial charge on any atom is 0.227 e. The number of fused-ring (bicyclic) bond motifs is 1. The normalized spacial score (nSPS) is 15.7. The number of nitrogens with one attached hydrogen (secondary N) is 1. The van der Waals surface area contributed by atoms with Gasteiger partial charge >= 0.3 is 0 Å². The van der Waals surface area contributed by atoms with E-state index in [1.165, 1.54) is 0 Å². The third kappa shape index (κ3) is 4.13. The number of hydrogen-bond acceptors (Lipinski definition) is 3. The number of carbonyl (C=O) groups is 2. The molecule has 3 aromatic carbocycles. The zero-order valence-corrected chi connectivity index (χ0v) is 17.2. The van der Waals surface area contributed by atoms with Crippen LogP contribution >= 0.6 is 0 Å². The molecule has 0 saturated carbocycles. The highest BCUT2D eigenvalue weighted by molar-refractivity contribution is 6.00. The predicted molar refractivity (Wildman–Crippen MR) is 118 cm³/mol. The Morgan fingerprint density at radius 2 is 1.77 bits per heavy atom. The van der Waals surface area contributed by atoms with Crippen LogP contribution in [0, 0.1) is 0 Å². The minimum absolute atomic E-state index is 0.00293. The first-order valence-corrected chi connectivity index (χ1v) is 10.3. The summed E-state index contributed by atoms with van der Waals surface area (Å²) in [6.07, 6.45) is 0.635. The van der Waals surface area contributed by atoms with Crippen LogP contribution in [-0.4, -0.2) is 24.3 Å². The molecular weight excluding hydrogens is 374 g/mol. The van der Waals surface area contributed by atoms with Crippen molar-refractivity contribution in [3.63, 3.8) is 0 Å².